The molecule has 0 saturated heterocycles. The maximum absolute atomic E-state index is 13.3. The third-order valence-electron chi connectivity index (χ3n) is 3.59. The average molecular weight is 259 g/mol. The Bertz CT molecular complexity index is 573. The van der Waals surface area contributed by atoms with Crippen LogP contribution < -0.4 is 5.32 Å². The molecule has 0 bridgehead atoms. The summed E-state index contributed by atoms with van der Waals surface area (Å²) in [5.74, 6) is -0.189. The molecular weight excluding hydrogens is 241 g/mol. The van der Waals surface area contributed by atoms with E-state index in [1.807, 2.05) is 23.7 Å². The first-order chi connectivity index (χ1) is 9.22. The van der Waals surface area contributed by atoms with E-state index in [4.69, 9.17) is 0 Å². The van der Waals surface area contributed by atoms with Crippen molar-refractivity contribution in [1.82, 2.24) is 15.1 Å². The normalized spacial score (nSPS) is 14.8. The molecule has 0 unspecified atom stereocenters. The molecule has 1 aliphatic carbocycles. The highest BCUT2D eigenvalue weighted by Crippen LogP contribution is 2.19. The second-order valence-corrected chi connectivity index (χ2v) is 5.21. The first kappa shape index (κ1) is 12.4. The second-order valence-electron chi connectivity index (χ2n) is 5.21. The van der Waals surface area contributed by atoms with E-state index < -0.39 is 0 Å². The lowest BCUT2D eigenvalue weighted by atomic mass is 10.1. The van der Waals surface area contributed by atoms with E-state index in [-0.39, 0.29) is 5.82 Å². The molecule has 0 amide bonds. The quantitative estimate of drug-likeness (QED) is 0.894. The Balaban J connectivity index is 1.74. The lowest BCUT2D eigenvalue weighted by molar-refractivity contribution is 0.586. The van der Waals surface area contributed by atoms with Gasteiger partial charge in [-0.3, -0.25) is 4.68 Å². The van der Waals surface area contributed by atoms with Crippen LogP contribution in [0.25, 0.3) is 0 Å². The molecule has 2 aromatic rings. The highest BCUT2D eigenvalue weighted by Gasteiger charge is 2.20. The Morgan fingerprint density at radius 2 is 2.21 bits per heavy atom. The fraction of sp³-hybridized carbons (Fsp3) is 0.400. The van der Waals surface area contributed by atoms with Crippen molar-refractivity contribution in [3.05, 3.63) is 53.1 Å². The van der Waals surface area contributed by atoms with E-state index >= 15 is 0 Å². The van der Waals surface area contributed by atoms with Crippen molar-refractivity contribution in [3.63, 3.8) is 0 Å². The first-order valence-electron chi connectivity index (χ1n) is 6.71. The van der Waals surface area contributed by atoms with Gasteiger partial charge in [0, 0.05) is 18.8 Å². The van der Waals surface area contributed by atoms with Crippen LogP contribution in [0.1, 0.15) is 29.7 Å². The summed E-state index contributed by atoms with van der Waals surface area (Å²) >= 11 is 0. The molecule has 0 aliphatic heterocycles. The van der Waals surface area contributed by atoms with Crippen LogP contribution >= 0.6 is 0 Å². The van der Waals surface area contributed by atoms with Gasteiger partial charge in [0.05, 0.1) is 12.2 Å². The minimum atomic E-state index is -0.189. The topological polar surface area (TPSA) is 29.9 Å². The molecule has 1 N–H and O–H groups in total. The number of benzene rings is 1. The number of hydrogen-bond donors (Lipinski definition) is 1. The van der Waals surface area contributed by atoms with Gasteiger partial charge in [-0.25, -0.2) is 4.39 Å². The lowest BCUT2D eigenvalue weighted by Gasteiger charge is -2.10. The van der Waals surface area contributed by atoms with Gasteiger partial charge in [0.15, 0.2) is 0 Å². The Hall–Kier alpha value is -1.68. The fourth-order valence-corrected chi connectivity index (χ4v) is 2.16. The van der Waals surface area contributed by atoms with Crippen molar-refractivity contribution in [3.8, 4) is 0 Å². The molecule has 100 valence electrons. The van der Waals surface area contributed by atoms with Crippen molar-refractivity contribution in [1.29, 1.82) is 0 Å². The number of halogens is 1. The van der Waals surface area contributed by atoms with Gasteiger partial charge in [0.1, 0.15) is 5.82 Å². The molecule has 1 aromatic heterocycles. The largest absolute Gasteiger partial charge is 0.308 e. The Morgan fingerprint density at radius 3 is 3.00 bits per heavy atom. The zero-order valence-electron chi connectivity index (χ0n) is 11.1. The summed E-state index contributed by atoms with van der Waals surface area (Å²) in [7, 11) is 0. The molecule has 3 rings (SSSR count). The van der Waals surface area contributed by atoms with Gasteiger partial charge >= 0.3 is 0 Å². The molecule has 4 heteroatoms. The average Bonchev–Trinajstić information content (AvgIpc) is 3.12. The maximum atomic E-state index is 13.3. The predicted molar refractivity (Wildman–Crippen MR) is 72.3 cm³/mol. The van der Waals surface area contributed by atoms with Gasteiger partial charge < -0.3 is 5.32 Å². The molecule has 1 aromatic carbocycles. The Labute approximate surface area is 112 Å². The summed E-state index contributed by atoms with van der Waals surface area (Å²) in [6, 6.07) is 7.60. The van der Waals surface area contributed by atoms with Crippen LogP contribution in [0.2, 0.25) is 0 Å². The molecule has 0 spiro atoms. The number of aryl methyl sites for hydroxylation is 1. The third-order valence-corrected chi connectivity index (χ3v) is 3.59. The fourth-order valence-electron chi connectivity index (χ4n) is 2.16. The van der Waals surface area contributed by atoms with Crippen LogP contribution in [0.4, 0.5) is 4.39 Å². The monoisotopic (exact) mass is 259 g/mol. The van der Waals surface area contributed by atoms with Gasteiger partial charge in [-0.05, 0) is 49.1 Å². The standard InChI is InChI=1S/C15H18FN3/c1-11-2-3-13(16)8-12(11)10-19-15(6-7-18-19)9-17-14-4-5-14/h2-3,6-8,14,17H,4-5,9-10H2,1H3. The van der Waals surface area contributed by atoms with E-state index in [1.165, 1.54) is 18.9 Å². The van der Waals surface area contributed by atoms with E-state index in [2.05, 4.69) is 10.4 Å². The van der Waals surface area contributed by atoms with Crippen molar-refractivity contribution in [2.45, 2.75) is 38.9 Å². The van der Waals surface area contributed by atoms with Gasteiger partial charge in [0.2, 0.25) is 0 Å². The molecule has 1 heterocycles. The van der Waals surface area contributed by atoms with Crippen LogP contribution in [-0.4, -0.2) is 15.8 Å². The van der Waals surface area contributed by atoms with Crippen molar-refractivity contribution in [2.24, 2.45) is 0 Å². The summed E-state index contributed by atoms with van der Waals surface area (Å²) in [6.45, 7) is 3.46. The minimum absolute atomic E-state index is 0.189. The van der Waals surface area contributed by atoms with Crippen LogP contribution in [0.15, 0.2) is 30.5 Å². The summed E-state index contributed by atoms with van der Waals surface area (Å²) in [5, 5.41) is 7.81. The smallest absolute Gasteiger partial charge is 0.123 e. The number of rotatable bonds is 5. The van der Waals surface area contributed by atoms with Crippen LogP contribution in [0.3, 0.4) is 0 Å². The van der Waals surface area contributed by atoms with E-state index in [1.54, 1.807) is 12.3 Å². The molecule has 1 saturated carbocycles. The first-order valence-corrected chi connectivity index (χ1v) is 6.71. The molecule has 0 atom stereocenters. The van der Waals surface area contributed by atoms with Crippen LogP contribution in [-0.2, 0) is 13.1 Å². The summed E-state index contributed by atoms with van der Waals surface area (Å²) in [5.41, 5.74) is 3.23. The summed E-state index contributed by atoms with van der Waals surface area (Å²) in [4.78, 5) is 0. The van der Waals surface area contributed by atoms with E-state index in [0.29, 0.717) is 12.6 Å². The highest BCUT2D eigenvalue weighted by molar-refractivity contribution is 5.27. The molecule has 1 aliphatic rings. The van der Waals surface area contributed by atoms with Crippen LogP contribution in [0, 0.1) is 12.7 Å². The Kier molecular flexibility index (Phi) is 3.34. The summed E-state index contributed by atoms with van der Waals surface area (Å²) in [6.07, 6.45) is 4.35. The third kappa shape index (κ3) is 3.01. The van der Waals surface area contributed by atoms with Gasteiger partial charge in [-0.1, -0.05) is 6.07 Å². The summed E-state index contributed by atoms with van der Waals surface area (Å²) < 4.78 is 15.2. The van der Waals surface area contributed by atoms with Gasteiger partial charge in [-0.2, -0.15) is 5.10 Å². The number of hydrogen-bond acceptors (Lipinski definition) is 2. The number of nitrogens with one attached hydrogen (secondary N) is 1. The number of nitrogens with zero attached hydrogens (tertiary/aromatic N) is 2. The lowest BCUT2D eigenvalue weighted by Crippen LogP contribution is -2.19. The van der Waals surface area contributed by atoms with Gasteiger partial charge in [-0.15, -0.1) is 0 Å². The van der Waals surface area contributed by atoms with Crippen LogP contribution in [0.5, 0.6) is 0 Å². The molecule has 3 nitrogen and oxygen atoms in total. The SMILES string of the molecule is Cc1ccc(F)cc1Cn1nccc1CNC1CC1. The van der Waals surface area contributed by atoms with E-state index in [0.717, 1.165) is 23.4 Å². The molecule has 1 fully saturated rings. The minimum Gasteiger partial charge on any atom is -0.308 e. The number of aromatic nitrogens is 2. The van der Waals surface area contributed by atoms with E-state index in [9.17, 15) is 4.39 Å². The maximum Gasteiger partial charge on any atom is 0.123 e. The van der Waals surface area contributed by atoms with Gasteiger partial charge in [0.25, 0.3) is 0 Å². The molecule has 19 heavy (non-hydrogen) atoms. The van der Waals surface area contributed by atoms with Crippen molar-refractivity contribution >= 4 is 0 Å². The zero-order valence-corrected chi connectivity index (χ0v) is 11.1. The second kappa shape index (κ2) is 5.13. The Morgan fingerprint density at radius 1 is 1.37 bits per heavy atom. The zero-order chi connectivity index (χ0) is 13.2. The molecular formula is C15H18FN3. The van der Waals surface area contributed by atoms with Crippen molar-refractivity contribution < 1.29 is 4.39 Å². The molecule has 0 radical (unpaired) electrons. The highest BCUT2D eigenvalue weighted by atomic mass is 19.1. The van der Waals surface area contributed by atoms with Crippen molar-refractivity contribution in [2.75, 3.05) is 0 Å². The predicted octanol–water partition coefficient (Wildman–Crippen LogP) is 2.63.